The fourth-order valence-electron chi connectivity index (χ4n) is 7.02. The van der Waals surface area contributed by atoms with Gasteiger partial charge in [0.25, 0.3) is 11.1 Å². The number of aromatic nitrogens is 4. The molecule has 11 aromatic rings. The van der Waals surface area contributed by atoms with E-state index in [0.717, 1.165) is 63.6 Å². The highest BCUT2D eigenvalue weighted by atomic mass is 32.1. The number of thiazole rings is 2. The van der Waals surface area contributed by atoms with Crippen LogP contribution in [0.25, 0.3) is 85.5 Å². The quantitative estimate of drug-likeness (QED) is 0.181. The standard InChI is InChI=1S/C26H16N2OS.C20H12N2OS/c29-25-21-16-20(19-12-10-18(11-13-19)17-6-2-1-3-7-17)14-15-22(21)27-26-28(25)23-8-4-5-9-24(23)30-26;23-19-15-12-14(13-6-2-1-3-7-13)10-11-16(15)21-20-22(19)17-8-4-5-9-18(17)24-20/h1-16H;1-12H. The van der Waals surface area contributed by atoms with Crippen molar-refractivity contribution in [1.82, 2.24) is 18.8 Å². The molecule has 54 heavy (non-hydrogen) atoms. The minimum Gasteiger partial charge on any atom is -0.268 e. The van der Waals surface area contributed by atoms with Crippen molar-refractivity contribution in [2.75, 3.05) is 0 Å². The number of hydrogen-bond acceptors (Lipinski definition) is 6. The zero-order chi connectivity index (χ0) is 36.2. The van der Waals surface area contributed by atoms with Gasteiger partial charge < -0.3 is 0 Å². The Balaban J connectivity index is 0.000000137. The van der Waals surface area contributed by atoms with Gasteiger partial charge in [-0.3, -0.25) is 18.4 Å². The molecule has 7 aromatic carbocycles. The SMILES string of the molecule is O=c1c2cc(-c3ccc(-c4ccccc4)cc3)ccc2nc2sc3ccccc3n12.O=c1c2cc(-c3ccccc3)ccc2nc2sc3ccccc3n12. The molecular formula is C46H28N4O2S2. The van der Waals surface area contributed by atoms with Gasteiger partial charge in [-0.05, 0) is 81.9 Å². The Morgan fingerprint density at radius 3 is 1.19 bits per heavy atom. The zero-order valence-electron chi connectivity index (χ0n) is 28.6. The van der Waals surface area contributed by atoms with Crippen molar-refractivity contribution in [2.45, 2.75) is 0 Å². The average molecular weight is 733 g/mol. The molecule has 4 heterocycles. The molecule has 0 fully saturated rings. The van der Waals surface area contributed by atoms with Crippen LogP contribution in [0, 0.1) is 0 Å². The molecule has 0 bridgehead atoms. The molecule has 4 aromatic heterocycles. The lowest BCUT2D eigenvalue weighted by atomic mass is 9.99. The van der Waals surface area contributed by atoms with Crippen molar-refractivity contribution in [3.63, 3.8) is 0 Å². The summed E-state index contributed by atoms with van der Waals surface area (Å²) >= 11 is 3.09. The molecule has 0 radical (unpaired) electrons. The van der Waals surface area contributed by atoms with Gasteiger partial charge in [-0.1, -0.05) is 144 Å². The molecule has 0 aliphatic carbocycles. The highest BCUT2D eigenvalue weighted by Crippen LogP contribution is 2.30. The number of rotatable bonds is 3. The molecule has 0 aliphatic heterocycles. The van der Waals surface area contributed by atoms with Crippen LogP contribution in [0.5, 0.6) is 0 Å². The smallest absolute Gasteiger partial charge is 0.266 e. The summed E-state index contributed by atoms with van der Waals surface area (Å²) in [5.74, 6) is 0. The Morgan fingerprint density at radius 2 is 0.722 bits per heavy atom. The third-order valence-electron chi connectivity index (χ3n) is 9.72. The van der Waals surface area contributed by atoms with Crippen molar-refractivity contribution in [3.05, 3.63) is 191 Å². The maximum atomic E-state index is 13.3. The first-order valence-electron chi connectivity index (χ1n) is 17.5. The third-order valence-corrected chi connectivity index (χ3v) is 11.8. The zero-order valence-corrected chi connectivity index (χ0v) is 30.2. The van der Waals surface area contributed by atoms with E-state index in [1.807, 2.05) is 133 Å². The minimum absolute atomic E-state index is 0.00905. The Kier molecular flexibility index (Phi) is 7.71. The molecular weight excluding hydrogens is 705 g/mol. The lowest BCUT2D eigenvalue weighted by molar-refractivity contribution is 1.16. The van der Waals surface area contributed by atoms with Gasteiger partial charge in [0.15, 0.2) is 9.92 Å². The van der Waals surface area contributed by atoms with Crippen LogP contribution in [0.3, 0.4) is 0 Å². The summed E-state index contributed by atoms with van der Waals surface area (Å²) in [6.45, 7) is 0. The van der Waals surface area contributed by atoms with E-state index in [1.165, 1.54) is 11.1 Å². The van der Waals surface area contributed by atoms with Gasteiger partial charge in [-0.2, -0.15) is 0 Å². The van der Waals surface area contributed by atoms with Gasteiger partial charge in [0.2, 0.25) is 0 Å². The van der Waals surface area contributed by atoms with E-state index in [2.05, 4.69) is 36.4 Å². The van der Waals surface area contributed by atoms with E-state index in [9.17, 15) is 9.59 Å². The Labute approximate surface area is 316 Å². The second-order valence-electron chi connectivity index (χ2n) is 13.0. The Bertz CT molecular complexity index is 3310. The predicted octanol–water partition coefficient (Wildman–Crippen LogP) is 11.1. The van der Waals surface area contributed by atoms with E-state index in [1.54, 1.807) is 31.5 Å². The summed E-state index contributed by atoms with van der Waals surface area (Å²) in [7, 11) is 0. The summed E-state index contributed by atoms with van der Waals surface area (Å²) in [5, 5.41) is 1.29. The lowest BCUT2D eigenvalue weighted by Gasteiger charge is -2.06. The number of benzene rings is 7. The number of fused-ring (bicyclic) bond motifs is 8. The Morgan fingerprint density at radius 1 is 0.370 bits per heavy atom. The largest absolute Gasteiger partial charge is 0.268 e. The first kappa shape index (κ1) is 32.0. The highest BCUT2D eigenvalue weighted by molar-refractivity contribution is 7.24. The van der Waals surface area contributed by atoms with Gasteiger partial charge in [0.1, 0.15) is 0 Å². The summed E-state index contributed by atoms with van der Waals surface area (Å²) < 4.78 is 5.58. The normalized spacial score (nSPS) is 11.5. The van der Waals surface area contributed by atoms with Crippen molar-refractivity contribution in [1.29, 1.82) is 0 Å². The second-order valence-corrected chi connectivity index (χ2v) is 15.0. The highest BCUT2D eigenvalue weighted by Gasteiger charge is 2.14. The maximum absolute atomic E-state index is 13.3. The summed E-state index contributed by atoms with van der Waals surface area (Å²) in [6.07, 6.45) is 0. The van der Waals surface area contributed by atoms with Crippen LogP contribution in [0.2, 0.25) is 0 Å². The van der Waals surface area contributed by atoms with Crippen LogP contribution in [-0.2, 0) is 0 Å². The van der Waals surface area contributed by atoms with Crippen LogP contribution < -0.4 is 11.1 Å². The fraction of sp³-hybridized carbons (Fsp3) is 0. The Hall–Kier alpha value is -6.74. The van der Waals surface area contributed by atoms with Gasteiger partial charge in [-0.15, -0.1) is 0 Å². The molecule has 0 N–H and O–H groups in total. The molecule has 8 heteroatoms. The monoisotopic (exact) mass is 732 g/mol. The average Bonchev–Trinajstić information content (AvgIpc) is 3.80. The fourth-order valence-corrected chi connectivity index (χ4v) is 9.07. The van der Waals surface area contributed by atoms with E-state index in [-0.39, 0.29) is 11.1 Å². The molecule has 256 valence electrons. The van der Waals surface area contributed by atoms with Gasteiger partial charge in [0.05, 0.1) is 42.2 Å². The van der Waals surface area contributed by atoms with E-state index in [0.29, 0.717) is 10.8 Å². The lowest BCUT2D eigenvalue weighted by Crippen LogP contribution is -2.13. The first-order valence-corrected chi connectivity index (χ1v) is 19.1. The van der Waals surface area contributed by atoms with Crippen LogP contribution in [0.1, 0.15) is 0 Å². The molecule has 6 nitrogen and oxygen atoms in total. The van der Waals surface area contributed by atoms with Crippen molar-refractivity contribution in [2.24, 2.45) is 0 Å². The predicted molar refractivity (Wildman–Crippen MR) is 225 cm³/mol. The van der Waals surface area contributed by atoms with Crippen molar-refractivity contribution in [3.8, 4) is 33.4 Å². The molecule has 0 aliphatic rings. The molecule has 0 amide bonds. The van der Waals surface area contributed by atoms with Crippen LogP contribution in [-0.4, -0.2) is 18.8 Å². The van der Waals surface area contributed by atoms with E-state index in [4.69, 9.17) is 9.97 Å². The number of nitrogens with zero attached hydrogens (tertiary/aromatic N) is 4. The van der Waals surface area contributed by atoms with Gasteiger partial charge in [0, 0.05) is 0 Å². The van der Waals surface area contributed by atoms with E-state index < -0.39 is 0 Å². The number of para-hydroxylation sites is 2. The topological polar surface area (TPSA) is 68.7 Å². The summed E-state index contributed by atoms with van der Waals surface area (Å²) in [4.78, 5) is 37.3. The maximum Gasteiger partial charge on any atom is 0.266 e. The molecule has 11 rings (SSSR count). The van der Waals surface area contributed by atoms with Gasteiger partial charge >= 0.3 is 0 Å². The second kappa shape index (κ2) is 13.0. The van der Waals surface area contributed by atoms with Crippen LogP contribution >= 0.6 is 22.7 Å². The minimum atomic E-state index is -0.0183. The molecule has 0 unspecified atom stereocenters. The molecule has 0 saturated heterocycles. The summed E-state index contributed by atoms with van der Waals surface area (Å²) in [5.41, 5.74) is 9.86. The molecule has 0 atom stereocenters. The van der Waals surface area contributed by atoms with Crippen LogP contribution in [0.4, 0.5) is 0 Å². The molecule has 0 saturated carbocycles. The first-order chi connectivity index (χ1) is 26.6. The van der Waals surface area contributed by atoms with Gasteiger partial charge in [-0.25, -0.2) is 9.97 Å². The summed E-state index contributed by atoms with van der Waals surface area (Å²) in [6, 6.07) is 56.6. The van der Waals surface area contributed by atoms with Crippen molar-refractivity contribution < 1.29 is 0 Å². The third kappa shape index (κ3) is 5.47. The van der Waals surface area contributed by atoms with E-state index >= 15 is 0 Å². The number of hydrogen-bond donors (Lipinski definition) is 0. The molecule has 0 spiro atoms. The van der Waals surface area contributed by atoms with Crippen molar-refractivity contribution >= 4 is 74.8 Å². The van der Waals surface area contributed by atoms with Crippen LogP contribution in [0.15, 0.2) is 179 Å².